The molecular weight excluding hydrogens is 234 g/mol. The van der Waals surface area contributed by atoms with Gasteiger partial charge in [0.15, 0.2) is 0 Å². The van der Waals surface area contributed by atoms with Crippen LogP contribution >= 0.6 is 0 Å². The zero-order valence-electron chi connectivity index (χ0n) is 11.9. The van der Waals surface area contributed by atoms with Gasteiger partial charge < -0.3 is 10.6 Å². The smallest absolute Gasteiger partial charge is 0.107 e. The quantitative estimate of drug-likeness (QED) is 0.902. The SMILES string of the molecule is Cc1ccc(N(C)CCC2CCCC2(N)C#N)cc1. The van der Waals surface area contributed by atoms with Gasteiger partial charge >= 0.3 is 0 Å². The molecule has 2 rings (SSSR count). The zero-order valence-corrected chi connectivity index (χ0v) is 11.9. The van der Waals surface area contributed by atoms with Crippen molar-refractivity contribution in [3.05, 3.63) is 29.8 Å². The predicted molar refractivity (Wildman–Crippen MR) is 78.9 cm³/mol. The Morgan fingerprint density at radius 3 is 2.74 bits per heavy atom. The van der Waals surface area contributed by atoms with Crippen LogP contribution in [0.5, 0.6) is 0 Å². The Hall–Kier alpha value is -1.53. The summed E-state index contributed by atoms with van der Waals surface area (Å²) in [5, 5.41) is 9.22. The third-order valence-corrected chi connectivity index (χ3v) is 4.37. The molecule has 19 heavy (non-hydrogen) atoms. The van der Waals surface area contributed by atoms with Gasteiger partial charge in [0.05, 0.1) is 6.07 Å². The first kappa shape index (κ1) is 13.9. The lowest BCUT2D eigenvalue weighted by atomic mass is 9.87. The van der Waals surface area contributed by atoms with Crippen LogP contribution in [0.1, 0.15) is 31.2 Å². The summed E-state index contributed by atoms with van der Waals surface area (Å²) in [7, 11) is 2.10. The van der Waals surface area contributed by atoms with E-state index in [1.54, 1.807) is 0 Å². The van der Waals surface area contributed by atoms with E-state index >= 15 is 0 Å². The molecule has 1 saturated carbocycles. The number of rotatable bonds is 4. The number of nitriles is 1. The van der Waals surface area contributed by atoms with Crippen molar-refractivity contribution in [2.45, 2.75) is 38.1 Å². The van der Waals surface area contributed by atoms with E-state index in [2.05, 4.69) is 49.2 Å². The standard InChI is InChI=1S/C16H23N3/c1-13-5-7-15(8-6-13)19(2)11-9-14-4-3-10-16(14,18)12-17/h5-8,14H,3-4,9-11,18H2,1-2H3. The number of nitrogens with zero attached hydrogens (tertiary/aromatic N) is 2. The van der Waals surface area contributed by atoms with Gasteiger partial charge in [-0.1, -0.05) is 24.1 Å². The fraction of sp³-hybridized carbons (Fsp3) is 0.562. The molecule has 0 spiro atoms. The Balaban J connectivity index is 1.92. The molecule has 1 fully saturated rings. The predicted octanol–water partition coefficient (Wildman–Crippen LogP) is 2.84. The number of aryl methyl sites for hydroxylation is 1. The summed E-state index contributed by atoms with van der Waals surface area (Å²) in [6.45, 7) is 3.05. The van der Waals surface area contributed by atoms with E-state index in [1.165, 1.54) is 11.3 Å². The summed E-state index contributed by atoms with van der Waals surface area (Å²) in [6, 6.07) is 10.9. The molecule has 2 atom stereocenters. The molecule has 3 nitrogen and oxygen atoms in total. The van der Waals surface area contributed by atoms with Crippen LogP contribution in [-0.2, 0) is 0 Å². The van der Waals surface area contributed by atoms with Crippen LogP contribution in [0.2, 0.25) is 0 Å². The van der Waals surface area contributed by atoms with Gasteiger partial charge in [-0.2, -0.15) is 5.26 Å². The minimum Gasteiger partial charge on any atom is -0.375 e. The Morgan fingerprint density at radius 1 is 1.42 bits per heavy atom. The molecule has 1 aromatic rings. The number of benzene rings is 1. The summed E-state index contributed by atoms with van der Waals surface area (Å²) < 4.78 is 0. The molecule has 1 aliphatic carbocycles. The second-order valence-electron chi connectivity index (χ2n) is 5.79. The van der Waals surface area contributed by atoms with Crippen LogP contribution in [0.3, 0.4) is 0 Å². The summed E-state index contributed by atoms with van der Waals surface area (Å²) in [4.78, 5) is 2.25. The van der Waals surface area contributed by atoms with Crippen molar-refractivity contribution in [2.24, 2.45) is 11.7 Å². The van der Waals surface area contributed by atoms with Crippen LogP contribution in [-0.4, -0.2) is 19.1 Å². The van der Waals surface area contributed by atoms with Gasteiger partial charge in [-0.15, -0.1) is 0 Å². The number of hydrogen-bond acceptors (Lipinski definition) is 3. The lowest BCUT2D eigenvalue weighted by molar-refractivity contribution is 0.376. The lowest BCUT2D eigenvalue weighted by Crippen LogP contribution is -2.42. The fourth-order valence-electron chi connectivity index (χ4n) is 2.93. The first-order chi connectivity index (χ1) is 9.05. The maximum absolute atomic E-state index is 9.22. The molecule has 0 radical (unpaired) electrons. The highest BCUT2D eigenvalue weighted by atomic mass is 15.1. The minimum absolute atomic E-state index is 0.338. The topological polar surface area (TPSA) is 53.0 Å². The highest BCUT2D eigenvalue weighted by molar-refractivity contribution is 5.46. The lowest BCUT2D eigenvalue weighted by Gasteiger charge is -2.27. The van der Waals surface area contributed by atoms with Gasteiger partial charge in [-0.25, -0.2) is 0 Å². The average molecular weight is 257 g/mol. The molecule has 2 unspecified atom stereocenters. The fourth-order valence-corrected chi connectivity index (χ4v) is 2.93. The molecule has 3 heteroatoms. The second kappa shape index (κ2) is 5.63. The molecule has 0 aliphatic heterocycles. The van der Waals surface area contributed by atoms with Gasteiger partial charge in [0.1, 0.15) is 5.54 Å². The summed E-state index contributed by atoms with van der Waals surface area (Å²) in [6.07, 6.45) is 4.02. The summed E-state index contributed by atoms with van der Waals surface area (Å²) in [5.41, 5.74) is 8.08. The highest BCUT2D eigenvalue weighted by Crippen LogP contribution is 2.35. The molecule has 2 N–H and O–H groups in total. The van der Waals surface area contributed by atoms with Crippen LogP contribution in [0.4, 0.5) is 5.69 Å². The number of anilines is 1. The third-order valence-electron chi connectivity index (χ3n) is 4.37. The Bertz CT molecular complexity index is 460. The molecule has 0 heterocycles. The first-order valence-corrected chi connectivity index (χ1v) is 7.03. The molecule has 0 amide bonds. The third kappa shape index (κ3) is 3.08. The van der Waals surface area contributed by atoms with Crippen molar-refractivity contribution in [1.82, 2.24) is 0 Å². The largest absolute Gasteiger partial charge is 0.375 e. The summed E-state index contributed by atoms with van der Waals surface area (Å²) in [5.74, 6) is 0.338. The molecular formula is C16H23N3. The molecule has 0 aromatic heterocycles. The van der Waals surface area contributed by atoms with E-state index in [9.17, 15) is 5.26 Å². The van der Waals surface area contributed by atoms with Gasteiger partial charge in [-0.05, 0) is 44.2 Å². The molecule has 102 valence electrons. The second-order valence-corrected chi connectivity index (χ2v) is 5.79. The van der Waals surface area contributed by atoms with Gasteiger partial charge in [0.2, 0.25) is 0 Å². The van der Waals surface area contributed by atoms with E-state index < -0.39 is 5.54 Å². The van der Waals surface area contributed by atoms with Crippen LogP contribution in [0.25, 0.3) is 0 Å². The van der Waals surface area contributed by atoms with Crippen LogP contribution in [0, 0.1) is 24.2 Å². The maximum Gasteiger partial charge on any atom is 0.107 e. The molecule has 1 aromatic carbocycles. The van der Waals surface area contributed by atoms with E-state index in [1.807, 2.05) is 0 Å². The van der Waals surface area contributed by atoms with Gasteiger partial charge in [0, 0.05) is 19.3 Å². The number of nitrogens with two attached hydrogens (primary N) is 1. The summed E-state index contributed by atoms with van der Waals surface area (Å²) >= 11 is 0. The van der Waals surface area contributed by atoms with E-state index in [0.29, 0.717) is 5.92 Å². The van der Waals surface area contributed by atoms with Crippen LogP contribution in [0.15, 0.2) is 24.3 Å². The number of hydrogen-bond donors (Lipinski definition) is 1. The molecule has 0 saturated heterocycles. The van der Waals surface area contributed by atoms with Crippen molar-refractivity contribution in [3.63, 3.8) is 0 Å². The normalized spacial score (nSPS) is 26.1. The van der Waals surface area contributed by atoms with E-state index in [-0.39, 0.29) is 0 Å². The molecule has 1 aliphatic rings. The van der Waals surface area contributed by atoms with Crippen molar-refractivity contribution in [3.8, 4) is 6.07 Å². The first-order valence-electron chi connectivity index (χ1n) is 7.03. The van der Waals surface area contributed by atoms with Crippen molar-refractivity contribution >= 4 is 5.69 Å². The monoisotopic (exact) mass is 257 g/mol. The van der Waals surface area contributed by atoms with Crippen molar-refractivity contribution < 1.29 is 0 Å². The highest BCUT2D eigenvalue weighted by Gasteiger charge is 2.39. The van der Waals surface area contributed by atoms with Crippen molar-refractivity contribution in [1.29, 1.82) is 5.26 Å². The Kier molecular flexibility index (Phi) is 4.11. The average Bonchev–Trinajstić information content (AvgIpc) is 2.79. The molecule has 0 bridgehead atoms. The Labute approximate surface area is 116 Å². The minimum atomic E-state index is -0.589. The van der Waals surface area contributed by atoms with Gasteiger partial charge in [-0.3, -0.25) is 0 Å². The van der Waals surface area contributed by atoms with E-state index in [0.717, 1.165) is 32.2 Å². The maximum atomic E-state index is 9.22. The van der Waals surface area contributed by atoms with E-state index in [4.69, 9.17) is 5.73 Å². The van der Waals surface area contributed by atoms with Crippen LogP contribution < -0.4 is 10.6 Å². The van der Waals surface area contributed by atoms with Crippen molar-refractivity contribution in [2.75, 3.05) is 18.5 Å². The zero-order chi connectivity index (χ0) is 13.9. The Morgan fingerprint density at radius 2 is 2.11 bits per heavy atom. The van der Waals surface area contributed by atoms with Gasteiger partial charge in [0.25, 0.3) is 0 Å².